The molecular formula is C20H23N3O2. The van der Waals surface area contributed by atoms with Gasteiger partial charge < -0.3 is 20.1 Å². The van der Waals surface area contributed by atoms with E-state index in [1.165, 1.54) is 18.4 Å². The van der Waals surface area contributed by atoms with Gasteiger partial charge in [-0.15, -0.1) is 0 Å². The van der Waals surface area contributed by atoms with Crippen LogP contribution in [0.15, 0.2) is 53.5 Å². The molecule has 5 nitrogen and oxygen atoms in total. The van der Waals surface area contributed by atoms with Crippen LogP contribution in [-0.4, -0.2) is 26.3 Å². The van der Waals surface area contributed by atoms with E-state index in [1.54, 1.807) is 7.05 Å². The molecule has 0 spiro atoms. The van der Waals surface area contributed by atoms with Gasteiger partial charge in [-0.25, -0.2) is 0 Å². The Hall–Kier alpha value is -2.69. The first-order valence-corrected chi connectivity index (χ1v) is 8.68. The minimum absolute atomic E-state index is 0.254. The van der Waals surface area contributed by atoms with Crippen molar-refractivity contribution in [3.8, 4) is 11.5 Å². The minimum Gasteiger partial charge on any atom is -0.454 e. The van der Waals surface area contributed by atoms with Crippen LogP contribution in [0.25, 0.3) is 0 Å². The molecule has 0 amide bonds. The fraction of sp³-hybridized carbons (Fsp3) is 0.350. The fourth-order valence-electron chi connectivity index (χ4n) is 3.29. The van der Waals surface area contributed by atoms with Gasteiger partial charge in [0.15, 0.2) is 17.5 Å². The molecule has 2 aromatic rings. The number of hydrogen-bond acceptors (Lipinski definition) is 3. The zero-order valence-electron chi connectivity index (χ0n) is 14.4. The molecule has 1 saturated carbocycles. The Labute approximate surface area is 148 Å². The quantitative estimate of drug-likeness (QED) is 0.651. The van der Waals surface area contributed by atoms with Gasteiger partial charge in [-0.05, 0) is 24.5 Å². The van der Waals surface area contributed by atoms with Crippen molar-refractivity contribution in [2.45, 2.75) is 24.8 Å². The minimum atomic E-state index is 0.254. The fourth-order valence-corrected chi connectivity index (χ4v) is 3.29. The van der Waals surface area contributed by atoms with Gasteiger partial charge in [0.05, 0.1) is 0 Å². The molecule has 0 radical (unpaired) electrons. The summed E-state index contributed by atoms with van der Waals surface area (Å²) in [6.45, 7) is 1.83. The lowest BCUT2D eigenvalue weighted by Crippen LogP contribution is -2.40. The second-order valence-corrected chi connectivity index (χ2v) is 6.58. The van der Waals surface area contributed by atoms with E-state index in [1.807, 2.05) is 18.2 Å². The standard InChI is InChI=1S/C20H23N3O2/c1-21-19(22-12-15-6-5-9-17-18(15)25-14-24-17)23-13-20(10-11-20)16-7-3-2-4-8-16/h2-9H,10-14H2,1H3,(H2,21,22,23). The Morgan fingerprint density at radius 1 is 1.04 bits per heavy atom. The summed E-state index contributed by atoms with van der Waals surface area (Å²) in [5, 5.41) is 6.85. The normalized spacial score (nSPS) is 17.2. The monoisotopic (exact) mass is 337 g/mol. The number of aliphatic imine (C=N–C) groups is 1. The highest BCUT2D eigenvalue weighted by molar-refractivity contribution is 5.80. The number of fused-ring (bicyclic) bond motifs is 1. The van der Waals surface area contributed by atoms with Gasteiger partial charge in [-0.3, -0.25) is 4.99 Å². The van der Waals surface area contributed by atoms with Crippen LogP contribution in [0.1, 0.15) is 24.0 Å². The van der Waals surface area contributed by atoms with E-state index in [4.69, 9.17) is 9.47 Å². The zero-order valence-corrected chi connectivity index (χ0v) is 14.4. The van der Waals surface area contributed by atoms with E-state index in [2.05, 4.69) is 46.0 Å². The maximum Gasteiger partial charge on any atom is 0.231 e. The number of benzene rings is 2. The third-order valence-electron chi connectivity index (χ3n) is 4.98. The van der Waals surface area contributed by atoms with E-state index in [9.17, 15) is 0 Å². The third-order valence-corrected chi connectivity index (χ3v) is 4.98. The molecular weight excluding hydrogens is 314 g/mol. The van der Waals surface area contributed by atoms with E-state index in [0.29, 0.717) is 13.3 Å². The maximum absolute atomic E-state index is 5.56. The van der Waals surface area contributed by atoms with E-state index < -0.39 is 0 Å². The van der Waals surface area contributed by atoms with Crippen molar-refractivity contribution in [3.05, 3.63) is 59.7 Å². The number of rotatable bonds is 5. The number of guanidine groups is 1. The molecule has 0 bridgehead atoms. The van der Waals surface area contributed by atoms with Gasteiger partial charge in [0.2, 0.25) is 6.79 Å². The van der Waals surface area contributed by atoms with Crippen LogP contribution in [0.2, 0.25) is 0 Å². The molecule has 1 aliphatic carbocycles. The lowest BCUT2D eigenvalue weighted by Gasteiger charge is -2.19. The molecule has 0 aromatic heterocycles. The zero-order chi connectivity index (χ0) is 17.1. The number of para-hydroxylation sites is 1. The topological polar surface area (TPSA) is 54.9 Å². The highest BCUT2D eigenvalue weighted by Gasteiger charge is 2.43. The van der Waals surface area contributed by atoms with Crippen LogP contribution in [-0.2, 0) is 12.0 Å². The molecule has 2 aliphatic rings. The first-order chi connectivity index (χ1) is 12.3. The smallest absolute Gasteiger partial charge is 0.231 e. The molecule has 2 N–H and O–H groups in total. The predicted molar refractivity (Wildman–Crippen MR) is 98.1 cm³/mol. The van der Waals surface area contributed by atoms with Crippen molar-refractivity contribution in [1.29, 1.82) is 0 Å². The van der Waals surface area contributed by atoms with E-state index in [-0.39, 0.29) is 5.41 Å². The highest BCUT2D eigenvalue weighted by atomic mass is 16.7. The molecule has 4 rings (SSSR count). The molecule has 1 heterocycles. The summed E-state index contributed by atoms with van der Waals surface area (Å²) in [6, 6.07) is 16.7. The Morgan fingerprint density at radius 3 is 2.64 bits per heavy atom. The van der Waals surface area contributed by atoms with Crippen molar-refractivity contribution in [2.24, 2.45) is 4.99 Å². The van der Waals surface area contributed by atoms with Crippen LogP contribution >= 0.6 is 0 Å². The van der Waals surface area contributed by atoms with Crippen molar-refractivity contribution >= 4 is 5.96 Å². The molecule has 0 atom stereocenters. The van der Waals surface area contributed by atoms with Crippen LogP contribution < -0.4 is 20.1 Å². The van der Waals surface area contributed by atoms with Gasteiger partial charge in [0, 0.05) is 31.1 Å². The van der Waals surface area contributed by atoms with Gasteiger partial charge >= 0.3 is 0 Å². The predicted octanol–water partition coefficient (Wildman–Crippen LogP) is 2.81. The lowest BCUT2D eigenvalue weighted by atomic mass is 9.96. The number of nitrogens with one attached hydrogen (secondary N) is 2. The first kappa shape index (κ1) is 15.8. The van der Waals surface area contributed by atoms with Crippen LogP contribution in [0.5, 0.6) is 11.5 Å². The number of nitrogens with zero attached hydrogens (tertiary/aromatic N) is 1. The second-order valence-electron chi connectivity index (χ2n) is 6.58. The molecule has 2 aromatic carbocycles. The summed E-state index contributed by atoms with van der Waals surface area (Å²) < 4.78 is 11.0. The van der Waals surface area contributed by atoms with Crippen molar-refractivity contribution in [2.75, 3.05) is 20.4 Å². The second kappa shape index (κ2) is 6.67. The maximum atomic E-state index is 5.56. The summed E-state index contributed by atoms with van der Waals surface area (Å²) >= 11 is 0. The Balaban J connectivity index is 1.36. The van der Waals surface area contributed by atoms with Crippen molar-refractivity contribution in [3.63, 3.8) is 0 Å². The van der Waals surface area contributed by atoms with Crippen molar-refractivity contribution in [1.82, 2.24) is 10.6 Å². The summed E-state index contributed by atoms with van der Waals surface area (Å²) in [4.78, 5) is 4.34. The Bertz CT molecular complexity index is 770. The summed E-state index contributed by atoms with van der Waals surface area (Å²) in [6.07, 6.45) is 2.44. The first-order valence-electron chi connectivity index (χ1n) is 8.68. The van der Waals surface area contributed by atoms with Gasteiger partial charge in [0.1, 0.15) is 0 Å². The Kier molecular flexibility index (Phi) is 4.22. The van der Waals surface area contributed by atoms with Crippen LogP contribution in [0.3, 0.4) is 0 Å². The average Bonchev–Trinajstić information content (AvgIpc) is 3.30. The van der Waals surface area contributed by atoms with Gasteiger partial charge in [-0.1, -0.05) is 42.5 Å². The molecule has 130 valence electrons. The highest BCUT2D eigenvalue weighted by Crippen LogP contribution is 2.47. The molecule has 0 saturated heterocycles. The summed E-state index contributed by atoms with van der Waals surface area (Å²) in [5.41, 5.74) is 2.73. The molecule has 25 heavy (non-hydrogen) atoms. The third kappa shape index (κ3) is 3.27. The lowest BCUT2D eigenvalue weighted by molar-refractivity contribution is 0.173. The van der Waals surface area contributed by atoms with E-state index >= 15 is 0 Å². The van der Waals surface area contributed by atoms with Gasteiger partial charge in [-0.2, -0.15) is 0 Å². The SMILES string of the molecule is CN=C(NCc1cccc2c1OCO2)NCC1(c2ccccc2)CC1. The Morgan fingerprint density at radius 2 is 1.88 bits per heavy atom. The number of ether oxygens (including phenoxy) is 2. The molecule has 1 fully saturated rings. The summed E-state index contributed by atoms with van der Waals surface area (Å²) in [7, 11) is 1.80. The summed E-state index contributed by atoms with van der Waals surface area (Å²) in [5.74, 6) is 2.44. The largest absolute Gasteiger partial charge is 0.454 e. The molecule has 5 heteroatoms. The average molecular weight is 337 g/mol. The van der Waals surface area contributed by atoms with E-state index in [0.717, 1.165) is 29.6 Å². The number of hydrogen-bond donors (Lipinski definition) is 2. The van der Waals surface area contributed by atoms with Crippen LogP contribution in [0.4, 0.5) is 0 Å². The molecule has 1 aliphatic heterocycles. The molecule has 0 unspecified atom stereocenters. The van der Waals surface area contributed by atoms with Crippen LogP contribution in [0, 0.1) is 0 Å². The van der Waals surface area contributed by atoms with Gasteiger partial charge in [0.25, 0.3) is 0 Å². The van der Waals surface area contributed by atoms with Crippen molar-refractivity contribution < 1.29 is 9.47 Å².